The molecule has 82 valence electrons. The third-order valence-electron chi connectivity index (χ3n) is 3.26. The first-order chi connectivity index (χ1) is 7.17. The lowest BCUT2D eigenvalue weighted by Gasteiger charge is -2.33. The molecule has 3 N–H and O–H groups in total. The normalized spacial score (nSPS) is 25.9. The minimum absolute atomic E-state index is 0.0606. The molecule has 0 saturated carbocycles. The molecular formula is C11H17N3O. The number of carbonyl (C=O) groups excluding carboxylic acids is 1. The van der Waals surface area contributed by atoms with Crippen LogP contribution in [0, 0.1) is 0 Å². The lowest BCUT2D eigenvalue weighted by atomic mass is 9.99. The largest absolute Gasteiger partial charge is 0.357 e. The van der Waals surface area contributed by atoms with Gasteiger partial charge in [0.2, 0.25) is 0 Å². The molecule has 2 heterocycles. The third kappa shape index (κ3) is 1.65. The molecule has 4 heteroatoms. The summed E-state index contributed by atoms with van der Waals surface area (Å²) in [6.45, 7) is 3.39. The van der Waals surface area contributed by atoms with Crippen molar-refractivity contribution in [2.24, 2.45) is 5.73 Å². The Hall–Kier alpha value is -1.29. The second-order valence-corrected chi connectivity index (χ2v) is 4.35. The van der Waals surface area contributed by atoms with Crippen LogP contribution < -0.4 is 5.73 Å². The van der Waals surface area contributed by atoms with E-state index in [0.717, 1.165) is 19.4 Å². The van der Waals surface area contributed by atoms with E-state index in [4.69, 9.17) is 5.73 Å². The van der Waals surface area contributed by atoms with E-state index >= 15 is 0 Å². The molecule has 1 aromatic heterocycles. The van der Waals surface area contributed by atoms with Gasteiger partial charge in [0.05, 0.1) is 5.54 Å². The highest BCUT2D eigenvalue weighted by Gasteiger charge is 2.38. The van der Waals surface area contributed by atoms with Gasteiger partial charge in [-0.2, -0.15) is 0 Å². The first kappa shape index (κ1) is 10.2. The van der Waals surface area contributed by atoms with Crippen molar-refractivity contribution >= 4 is 5.91 Å². The molecule has 0 spiro atoms. The third-order valence-corrected chi connectivity index (χ3v) is 3.26. The van der Waals surface area contributed by atoms with Gasteiger partial charge in [-0.1, -0.05) is 0 Å². The summed E-state index contributed by atoms with van der Waals surface area (Å²) in [5, 5.41) is 0. The minimum Gasteiger partial charge on any atom is -0.357 e. The fraction of sp³-hybridized carbons (Fsp3) is 0.545. The maximum atomic E-state index is 12.1. The Bertz CT molecular complexity index is 347. The Morgan fingerprint density at radius 1 is 1.73 bits per heavy atom. The van der Waals surface area contributed by atoms with Gasteiger partial charge in [-0.15, -0.1) is 0 Å². The fourth-order valence-electron chi connectivity index (χ4n) is 2.19. The summed E-state index contributed by atoms with van der Waals surface area (Å²) in [5.74, 6) is 0.0606. The number of H-pyrrole nitrogens is 1. The van der Waals surface area contributed by atoms with Gasteiger partial charge in [-0.05, 0) is 31.9 Å². The molecule has 0 radical (unpaired) electrons. The van der Waals surface area contributed by atoms with Gasteiger partial charge in [0, 0.05) is 19.3 Å². The summed E-state index contributed by atoms with van der Waals surface area (Å²) in [6.07, 6.45) is 3.80. The molecule has 1 unspecified atom stereocenters. The Balaban J connectivity index is 2.21. The number of rotatable bonds is 2. The zero-order valence-electron chi connectivity index (χ0n) is 8.99. The Labute approximate surface area is 89.5 Å². The summed E-state index contributed by atoms with van der Waals surface area (Å²) >= 11 is 0. The van der Waals surface area contributed by atoms with Crippen LogP contribution in [0.2, 0.25) is 0 Å². The van der Waals surface area contributed by atoms with Crippen LogP contribution in [0.4, 0.5) is 0 Å². The summed E-state index contributed by atoms with van der Waals surface area (Å²) in [6, 6.07) is 3.64. The Kier molecular flexibility index (Phi) is 2.52. The molecule has 0 bridgehead atoms. The van der Waals surface area contributed by atoms with Crippen molar-refractivity contribution < 1.29 is 4.79 Å². The van der Waals surface area contributed by atoms with Crippen molar-refractivity contribution in [1.82, 2.24) is 9.88 Å². The van der Waals surface area contributed by atoms with Gasteiger partial charge >= 0.3 is 0 Å². The van der Waals surface area contributed by atoms with Crippen molar-refractivity contribution in [3.8, 4) is 0 Å². The number of nitrogens with two attached hydrogens (primary N) is 1. The van der Waals surface area contributed by atoms with Crippen molar-refractivity contribution in [3.63, 3.8) is 0 Å². The van der Waals surface area contributed by atoms with Gasteiger partial charge in [0.25, 0.3) is 5.91 Å². The minimum atomic E-state index is -0.164. The number of aromatic amines is 1. The van der Waals surface area contributed by atoms with Crippen LogP contribution in [0.25, 0.3) is 0 Å². The van der Waals surface area contributed by atoms with Gasteiger partial charge in [-0.3, -0.25) is 4.79 Å². The van der Waals surface area contributed by atoms with E-state index in [1.54, 1.807) is 12.3 Å². The van der Waals surface area contributed by atoms with Crippen LogP contribution in [-0.2, 0) is 0 Å². The molecule has 2 rings (SSSR count). The van der Waals surface area contributed by atoms with Crippen molar-refractivity contribution in [3.05, 3.63) is 24.0 Å². The summed E-state index contributed by atoms with van der Waals surface area (Å²) in [7, 11) is 0. The lowest BCUT2D eigenvalue weighted by Crippen LogP contribution is -2.50. The van der Waals surface area contributed by atoms with E-state index in [2.05, 4.69) is 11.9 Å². The summed E-state index contributed by atoms with van der Waals surface area (Å²) < 4.78 is 0. The monoisotopic (exact) mass is 207 g/mol. The van der Waals surface area contributed by atoms with Crippen LogP contribution in [0.1, 0.15) is 30.3 Å². The topological polar surface area (TPSA) is 62.1 Å². The molecule has 0 aromatic carbocycles. The number of hydrogen-bond donors (Lipinski definition) is 2. The van der Waals surface area contributed by atoms with E-state index < -0.39 is 0 Å². The van der Waals surface area contributed by atoms with Crippen molar-refractivity contribution in [1.29, 1.82) is 0 Å². The number of nitrogens with one attached hydrogen (secondary N) is 1. The molecule has 0 aliphatic carbocycles. The molecule has 1 aliphatic heterocycles. The first-order valence-corrected chi connectivity index (χ1v) is 5.33. The van der Waals surface area contributed by atoms with E-state index in [0.29, 0.717) is 12.2 Å². The molecule has 1 aliphatic rings. The van der Waals surface area contributed by atoms with Crippen LogP contribution in [0.15, 0.2) is 18.3 Å². The Morgan fingerprint density at radius 3 is 3.13 bits per heavy atom. The maximum absolute atomic E-state index is 12.1. The van der Waals surface area contributed by atoms with Crippen LogP contribution in [-0.4, -0.2) is 34.4 Å². The molecule has 1 atom stereocenters. The van der Waals surface area contributed by atoms with Crippen LogP contribution >= 0.6 is 0 Å². The second kappa shape index (κ2) is 3.70. The van der Waals surface area contributed by atoms with Gasteiger partial charge in [0.1, 0.15) is 5.69 Å². The molecule has 4 nitrogen and oxygen atoms in total. The van der Waals surface area contributed by atoms with Crippen molar-refractivity contribution in [2.75, 3.05) is 13.1 Å². The number of carbonyl (C=O) groups is 1. The maximum Gasteiger partial charge on any atom is 0.270 e. The predicted octanol–water partition coefficient (Wildman–Crippen LogP) is 0.968. The summed E-state index contributed by atoms with van der Waals surface area (Å²) in [4.78, 5) is 17.0. The molecule has 1 aromatic rings. The molecular weight excluding hydrogens is 190 g/mol. The van der Waals surface area contributed by atoms with Gasteiger partial charge < -0.3 is 15.6 Å². The van der Waals surface area contributed by atoms with E-state index in [9.17, 15) is 4.79 Å². The van der Waals surface area contributed by atoms with Gasteiger partial charge in [-0.25, -0.2) is 0 Å². The molecule has 15 heavy (non-hydrogen) atoms. The second-order valence-electron chi connectivity index (χ2n) is 4.35. The van der Waals surface area contributed by atoms with Crippen LogP contribution in [0.5, 0.6) is 0 Å². The van der Waals surface area contributed by atoms with E-state index in [1.807, 2.05) is 11.0 Å². The molecule has 1 fully saturated rings. The number of nitrogens with zero attached hydrogens (tertiary/aromatic N) is 1. The molecule has 1 saturated heterocycles. The van der Waals surface area contributed by atoms with E-state index in [1.165, 1.54) is 0 Å². The lowest BCUT2D eigenvalue weighted by molar-refractivity contribution is 0.0631. The predicted molar refractivity (Wildman–Crippen MR) is 58.5 cm³/mol. The van der Waals surface area contributed by atoms with Gasteiger partial charge in [0.15, 0.2) is 0 Å². The number of amides is 1. The highest BCUT2D eigenvalue weighted by atomic mass is 16.2. The zero-order chi connectivity index (χ0) is 10.9. The Morgan fingerprint density at radius 2 is 2.53 bits per heavy atom. The van der Waals surface area contributed by atoms with E-state index in [-0.39, 0.29) is 11.4 Å². The van der Waals surface area contributed by atoms with Crippen molar-refractivity contribution in [2.45, 2.75) is 25.3 Å². The van der Waals surface area contributed by atoms with Crippen LogP contribution in [0.3, 0.4) is 0 Å². The average Bonchev–Trinajstić information content (AvgIpc) is 2.86. The fourth-order valence-corrected chi connectivity index (χ4v) is 2.19. The quantitative estimate of drug-likeness (QED) is 0.759. The SMILES string of the molecule is CC1(CN)CCCN1C(=O)c1ccc[nH]1. The highest BCUT2D eigenvalue weighted by Crippen LogP contribution is 2.29. The number of hydrogen-bond acceptors (Lipinski definition) is 2. The number of aromatic nitrogens is 1. The number of likely N-dealkylation sites (tertiary alicyclic amines) is 1. The highest BCUT2D eigenvalue weighted by molar-refractivity contribution is 5.93. The smallest absolute Gasteiger partial charge is 0.270 e. The first-order valence-electron chi connectivity index (χ1n) is 5.33. The molecule has 1 amide bonds. The standard InChI is InChI=1S/C11H17N3O/c1-11(8-12)5-3-7-14(11)10(15)9-4-2-6-13-9/h2,4,6,13H,3,5,7-8,12H2,1H3. The summed E-state index contributed by atoms with van der Waals surface area (Å²) in [5.41, 5.74) is 6.23. The average molecular weight is 207 g/mol. The zero-order valence-corrected chi connectivity index (χ0v) is 8.99.